The van der Waals surface area contributed by atoms with Gasteiger partial charge < -0.3 is 19.5 Å². The molecule has 1 saturated carbocycles. The first-order chi connectivity index (χ1) is 15.4. The summed E-state index contributed by atoms with van der Waals surface area (Å²) in [6, 6.07) is 10.3. The number of hydrogen-bond donors (Lipinski definition) is 1. The normalized spacial score (nSPS) is 20.8. The monoisotopic (exact) mass is 435 g/mol. The lowest BCUT2D eigenvalue weighted by molar-refractivity contribution is -0.141. The number of para-hydroxylation sites is 1. The molecule has 1 aliphatic heterocycles. The number of ketones is 1. The highest BCUT2D eigenvalue weighted by atomic mass is 16.5. The lowest BCUT2D eigenvalue weighted by Crippen LogP contribution is -2.37. The minimum Gasteiger partial charge on any atom is -0.507 e. The summed E-state index contributed by atoms with van der Waals surface area (Å²) >= 11 is 0. The molecule has 0 spiro atoms. The van der Waals surface area contributed by atoms with Gasteiger partial charge in [-0.25, -0.2) is 0 Å². The van der Waals surface area contributed by atoms with Crippen molar-refractivity contribution in [2.75, 3.05) is 14.2 Å². The van der Waals surface area contributed by atoms with E-state index >= 15 is 0 Å². The Balaban J connectivity index is 1.95. The molecule has 2 aromatic rings. The molecule has 32 heavy (non-hydrogen) atoms. The highest BCUT2D eigenvalue weighted by Crippen LogP contribution is 2.46. The Morgan fingerprint density at radius 2 is 1.62 bits per heavy atom. The number of benzene rings is 2. The summed E-state index contributed by atoms with van der Waals surface area (Å²) < 4.78 is 11.0. The number of aliphatic hydroxyl groups excluding tert-OH is 1. The molecule has 168 valence electrons. The van der Waals surface area contributed by atoms with Crippen LogP contribution in [0.3, 0.4) is 0 Å². The quantitative estimate of drug-likeness (QED) is 0.419. The number of ether oxygens (including phenoxy) is 2. The standard InChI is InChI=1S/C26H29NO5/c1-15-14-21(32-4)16(2)13-19(15)24(28)22-23(18-11-7-8-12-20(18)31-3)27(26(30)25(22)29)17-9-5-6-10-17/h7-8,11-14,17,23,28H,5-6,9-10H2,1-4H3/b24-22+. The smallest absolute Gasteiger partial charge is 0.295 e. The molecule has 2 aliphatic rings. The summed E-state index contributed by atoms with van der Waals surface area (Å²) in [5.41, 5.74) is 2.92. The molecular weight excluding hydrogens is 406 g/mol. The van der Waals surface area contributed by atoms with Crippen molar-refractivity contribution in [2.45, 2.75) is 51.6 Å². The number of likely N-dealkylation sites (tertiary alicyclic amines) is 1. The van der Waals surface area contributed by atoms with Gasteiger partial charge in [-0.15, -0.1) is 0 Å². The predicted octanol–water partition coefficient (Wildman–Crippen LogP) is 4.68. The molecule has 6 heteroatoms. The summed E-state index contributed by atoms with van der Waals surface area (Å²) in [5.74, 6) is -0.0962. The van der Waals surface area contributed by atoms with E-state index in [0.29, 0.717) is 22.6 Å². The number of aliphatic hydroxyl groups is 1. The molecule has 1 aliphatic carbocycles. The SMILES string of the molecule is COc1cc(C)c(/C(O)=C2\C(=O)C(=O)N(C3CCCC3)C2c2ccccc2OC)cc1C. The van der Waals surface area contributed by atoms with Gasteiger partial charge in [-0.2, -0.15) is 0 Å². The van der Waals surface area contributed by atoms with Crippen molar-refractivity contribution in [3.8, 4) is 11.5 Å². The molecule has 2 fully saturated rings. The van der Waals surface area contributed by atoms with Crippen LogP contribution in [0.4, 0.5) is 0 Å². The Bertz CT molecular complexity index is 1100. The number of carbonyl (C=O) groups excluding carboxylic acids is 2. The summed E-state index contributed by atoms with van der Waals surface area (Å²) in [7, 11) is 3.16. The van der Waals surface area contributed by atoms with Crippen LogP contribution in [-0.4, -0.2) is 42.0 Å². The number of aryl methyl sites for hydroxylation is 2. The third kappa shape index (κ3) is 3.53. The number of rotatable bonds is 5. The van der Waals surface area contributed by atoms with Crippen LogP contribution >= 0.6 is 0 Å². The van der Waals surface area contributed by atoms with E-state index in [1.165, 1.54) is 0 Å². The molecule has 1 amide bonds. The topological polar surface area (TPSA) is 76.1 Å². The number of methoxy groups -OCH3 is 2. The molecular formula is C26H29NO5. The fraction of sp³-hybridized carbons (Fsp3) is 0.385. The van der Waals surface area contributed by atoms with Crippen LogP contribution < -0.4 is 9.47 Å². The molecule has 0 aromatic heterocycles. The summed E-state index contributed by atoms with van der Waals surface area (Å²) in [6.45, 7) is 3.73. The van der Waals surface area contributed by atoms with Gasteiger partial charge in [-0.3, -0.25) is 9.59 Å². The van der Waals surface area contributed by atoms with Gasteiger partial charge in [-0.05, 0) is 56.0 Å². The van der Waals surface area contributed by atoms with Crippen molar-refractivity contribution >= 4 is 17.4 Å². The number of Topliss-reactive ketones (excluding diaryl/α,β-unsaturated/α-hetero) is 1. The van der Waals surface area contributed by atoms with Crippen LogP contribution in [0, 0.1) is 13.8 Å². The van der Waals surface area contributed by atoms with Crippen molar-refractivity contribution < 1.29 is 24.2 Å². The summed E-state index contributed by atoms with van der Waals surface area (Å²) in [6.07, 6.45) is 3.73. The zero-order chi connectivity index (χ0) is 23.0. The zero-order valence-electron chi connectivity index (χ0n) is 19.0. The van der Waals surface area contributed by atoms with Gasteiger partial charge in [0.15, 0.2) is 0 Å². The highest BCUT2D eigenvalue weighted by Gasteiger charge is 2.50. The van der Waals surface area contributed by atoms with Gasteiger partial charge in [0.05, 0.1) is 25.8 Å². The van der Waals surface area contributed by atoms with E-state index in [9.17, 15) is 14.7 Å². The molecule has 1 N–H and O–H groups in total. The van der Waals surface area contributed by atoms with Gasteiger partial charge in [0.2, 0.25) is 0 Å². The molecule has 0 bridgehead atoms. The van der Waals surface area contributed by atoms with Crippen molar-refractivity contribution in [1.29, 1.82) is 0 Å². The van der Waals surface area contributed by atoms with Crippen LogP contribution in [0.5, 0.6) is 11.5 Å². The van der Waals surface area contributed by atoms with E-state index in [4.69, 9.17) is 9.47 Å². The lowest BCUT2D eigenvalue weighted by Gasteiger charge is -2.31. The second-order valence-electron chi connectivity index (χ2n) is 8.52. The molecule has 1 heterocycles. The maximum Gasteiger partial charge on any atom is 0.295 e. The van der Waals surface area contributed by atoms with E-state index < -0.39 is 17.7 Å². The number of hydrogen-bond acceptors (Lipinski definition) is 5. The van der Waals surface area contributed by atoms with Crippen LogP contribution in [0.15, 0.2) is 42.0 Å². The average molecular weight is 436 g/mol. The average Bonchev–Trinajstić information content (AvgIpc) is 3.41. The predicted molar refractivity (Wildman–Crippen MR) is 122 cm³/mol. The Morgan fingerprint density at radius 3 is 2.28 bits per heavy atom. The Hall–Kier alpha value is -3.28. The lowest BCUT2D eigenvalue weighted by atomic mass is 9.92. The van der Waals surface area contributed by atoms with E-state index in [0.717, 1.165) is 36.8 Å². The molecule has 1 saturated heterocycles. The van der Waals surface area contributed by atoms with E-state index in [-0.39, 0.29) is 17.4 Å². The van der Waals surface area contributed by atoms with E-state index in [2.05, 4.69) is 0 Å². The zero-order valence-corrected chi connectivity index (χ0v) is 19.0. The van der Waals surface area contributed by atoms with Gasteiger partial charge in [0.25, 0.3) is 11.7 Å². The van der Waals surface area contributed by atoms with E-state index in [1.54, 1.807) is 25.2 Å². The molecule has 0 radical (unpaired) electrons. The number of amides is 1. The number of carbonyl (C=O) groups is 2. The first-order valence-electron chi connectivity index (χ1n) is 11.0. The Morgan fingerprint density at radius 1 is 0.969 bits per heavy atom. The minimum atomic E-state index is -0.698. The van der Waals surface area contributed by atoms with Gasteiger partial charge in [0.1, 0.15) is 17.3 Å². The maximum absolute atomic E-state index is 13.3. The van der Waals surface area contributed by atoms with Gasteiger partial charge in [-0.1, -0.05) is 31.0 Å². The molecule has 4 rings (SSSR count). The highest BCUT2D eigenvalue weighted by molar-refractivity contribution is 6.46. The van der Waals surface area contributed by atoms with Crippen LogP contribution in [-0.2, 0) is 9.59 Å². The van der Waals surface area contributed by atoms with Gasteiger partial charge >= 0.3 is 0 Å². The van der Waals surface area contributed by atoms with E-state index in [1.807, 2.05) is 44.2 Å². The van der Waals surface area contributed by atoms with Crippen LogP contribution in [0.25, 0.3) is 5.76 Å². The van der Waals surface area contributed by atoms with Crippen molar-refractivity contribution in [3.63, 3.8) is 0 Å². The Kier molecular flexibility index (Phi) is 5.96. The van der Waals surface area contributed by atoms with Crippen molar-refractivity contribution in [1.82, 2.24) is 4.90 Å². The number of nitrogens with zero attached hydrogens (tertiary/aromatic N) is 1. The fourth-order valence-electron chi connectivity index (χ4n) is 5.02. The largest absolute Gasteiger partial charge is 0.507 e. The van der Waals surface area contributed by atoms with Gasteiger partial charge in [0, 0.05) is 17.2 Å². The van der Waals surface area contributed by atoms with Crippen molar-refractivity contribution in [3.05, 3.63) is 64.2 Å². The van der Waals surface area contributed by atoms with Crippen LogP contribution in [0.1, 0.15) is 54.0 Å². The first kappa shape index (κ1) is 21.9. The maximum atomic E-state index is 13.3. The second-order valence-corrected chi connectivity index (χ2v) is 8.52. The summed E-state index contributed by atoms with van der Waals surface area (Å²) in [4.78, 5) is 28.2. The fourth-order valence-corrected chi connectivity index (χ4v) is 5.02. The minimum absolute atomic E-state index is 0.0367. The van der Waals surface area contributed by atoms with Crippen molar-refractivity contribution in [2.24, 2.45) is 0 Å². The molecule has 2 aromatic carbocycles. The van der Waals surface area contributed by atoms with Crippen LogP contribution in [0.2, 0.25) is 0 Å². The second kappa shape index (κ2) is 8.69. The third-order valence-electron chi connectivity index (χ3n) is 6.63. The summed E-state index contributed by atoms with van der Waals surface area (Å²) in [5, 5.41) is 11.4. The Labute approximate surface area is 188 Å². The molecule has 6 nitrogen and oxygen atoms in total. The molecule has 1 atom stereocenters. The molecule has 1 unspecified atom stereocenters. The first-order valence-corrected chi connectivity index (χ1v) is 11.0. The third-order valence-corrected chi connectivity index (χ3v) is 6.63.